The minimum Gasteiger partial charge on any atom is -0.469 e. The number of anilines is 1. The Morgan fingerprint density at radius 3 is 2.26 bits per heavy atom. The number of hydrogen-bond acceptors (Lipinski definition) is 3. The smallest absolute Gasteiger partial charge is 0.392 e. The van der Waals surface area contributed by atoms with E-state index in [9.17, 15) is 22.8 Å². The number of alkyl halides is 3. The van der Waals surface area contributed by atoms with Crippen LogP contribution < -0.4 is 5.32 Å². The number of carbonyl (C=O) groups is 2. The third-order valence-electron chi connectivity index (χ3n) is 5.13. The monoisotopic (exact) mass is 475 g/mol. The van der Waals surface area contributed by atoms with Gasteiger partial charge in [-0.25, -0.2) is 0 Å². The first-order chi connectivity index (χ1) is 14.5. The summed E-state index contributed by atoms with van der Waals surface area (Å²) in [4.78, 5) is 24.5. The van der Waals surface area contributed by atoms with Gasteiger partial charge in [-0.2, -0.15) is 13.2 Å². The average Bonchev–Trinajstić information content (AvgIpc) is 2.71. The van der Waals surface area contributed by atoms with Gasteiger partial charge in [0.25, 0.3) is 0 Å². The number of methoxy groups -OCH3 is 1. The van der Waals surface area contributed by atoms with Crippen molar-refractivity contribution in [1.82, 2.24) is 0 Å². The molecule has 168 valence electrons. The molecule has 0 saturated carbocycles. The van der Waals surface area contributed by atoms with Gasteiger partial charge < -0.3 is 10.1 Å². The Bertz CT molecular complexity index is 946. The molecule has 2 rings (SSSR count). The van der Waals surface area contributed by atoms with Crippen molar-refractivity contribution in [2.75, 3.05) is 12.4 Å². The number of halogens is 5. The van der Waals surface area contributed by atoms with E-state index in [2.05, 4.69) is 10.1 Å². The minimum absolute atomic E-state index is 0.116. The zero-order chi connectivity index (χ0) is 23.3. The maximum absolute atomic E-state index is 13.5. The van der Waals surface area contributed by atoms with Crippen molar-refractivity contribution in [1.29, 1.82) is 0 Å². The Balaban J connectivity index is 2.38. The highest BCUT2D eigenvalue weighted by Crippen LogP contribution is 2.39. The molecule has 0 radical (unpaired) electrons. The van der Waals surface area contributed by atoms with Crippen molar-refractivity contribution in [3.63, 3.8) is 0 Å². The van der Waals surface area contributed by atoms with Gasteiger partial charge in [-0.1, -0.05) is 48.3 Å². The van der Waals surface area contributed by atoms with E-state index < -0.39 is 29.9 Å². The molecule has 2 aromatic rings. The second-order valence-electron chi connectivity index (χ2n) is 7.13. The molecule has 4 nitrogen and oxygen atoms in total. The van der Waals surface area contributed by atoms with Gasteiger partial charge in [-0.05, 0) is 48.2 Å². The van der Waals surface area contributed by atoms with E-state index in [1.54, 1.807) is 13.0 Å². The van der Waals surface area contributed by atoms with Crippen LogP contribution in [0.2, 0.25) is 10.0 Å². The molecule has 2 atom stereocenters. The first-order valence-corrected chi connectivity index (χ1v) is 10.2. The number of hydrogen-bond donors (Lipinski definition) is 1. The van der Waals surface area contributed by atoms with Gasteiger partial charge in [0.15, 0.2) is 0 Å². The third-order valence-corrected chi connectivity index (χ3v) is 5.70. The fourth-order valence-corrected chi connectivity index (χ4v) is 3.59. The van der Waals surface area contributed by atoms with Crippen LogP contribution >= 0.6 is 23.2 Å². The lowest BCUT2D eigenvalue weighted by atomic mass is 9.85. The fraction of sp³-hybridized carbons (Fsp3) is 0.364. The summed E-state index contributed by atoms with van der Waals surface area (Å²) in [5, 5.41) is 3.10. The number of amides is 1. The summed E-state index contributed by atoms with van der Waals surface area (Å²) in [6.07, 6.45) is -4.15. The van der Waals surface area contributed by atoms with Gasteiger partial charge in [-0.15, -0.1) is 0 Å². The van der Waals surface area contributed by atoms with Crippen LogP contribution in [0.3, 0.4) is 0 Å². The summed E-state index contributed by atoms with van der Waals surface area (Å²) < 4.78 is 45.2. The highest BCUT2D eigenvalue weighted by Gasteiger charge is 2.45. The van der Waals surface area contributed by atoms with Gasteiger partial charge in [0.05, 0.1) is 29.7 Å². The minimum atomic E-state index is -4.59. The number of carbonyl (C=O) groups excluding carboxylic acids is 2. The van der Waals surface area contributed by atoms with Crippen molar-refractivity contribution >= 4 is 40.8 Å². The van der Waals surface area contributed by atoms with Crippen LogP contribution in [-0.4, -0.2) is 25.2 Å². The first kappa shape index (κ1) is 25.0. The number of ether oxygens (including phenoxy) is 1. The second kappa shape index (κ2) is 10.4. The van der Waals surface area contributed by atoms with Crippen molar-refractivity contribution in [3.05, 3.63) is 63.1 Å². The molecule has 0 heterocycles. The number of benzene rings is 2. The van der Waals surface area contributed by atoms with Gasteiger partial charge in [0.1, 0.15) is 0 Å². The van der Waals surface area contributed by atoms with Crippen molar-refractivity contribution in [2.45, 2.75) is 38.8 Å². The van der Waals surface area contributed by atoms with Crippen LogP contribution in [0.5, 0.6) is 0 Å². The van der Waals surface area contributed by atoms with E-state index >= 15 is 0 Å². The Hall–Kier alpha value is -2.25. The SMILES string of the molecule is COC(=O)CCc1ccc(Cl)c(NC(=O)[C@H](c2ccc(Cl)cc2)[C@@H](C)C(F)(F)F)c1C. The lowest BCUT2D eigenvalue weighted by molar-refractivity contribution is -0.178. The topological polar surface area (TPSA) is 55.4 Å². The summed E-state index contributed by atoms with van der Waals surface area (Å²) in [7, 11) is 1.28. The van der Waals surface area contributed by atoms with Gasteiger partial charge in [0.2, 0.25) is 5.91 Å². The van der Waals surface area contributed by atoms with Crippen molar-refractivity contribution in [2.24, 2.45) is 5.92 Å². The molecule has 0 aliphatic heterocycles. The summed E-state index contributed by atoms with van der Waals surface area (Å²) in [5.41, 5.74) is 1.68. The van der Waals surface area contributed by atoms with Crippen LogP contribution in [0.15, 0.2) is 36.4 Å². The predicted molar refractivity (Wildman–Crippen MR) is 115 cm³/mol. The molecule has 0 unspecified atom stereocenters. The Morgan fingerprint density at radius 2 is 1.71 bits per heavy atom. The van der Waals surface area contributed by atoms with E-state index in [0.717, 1.165) is 12.5 Å². The molecular weight excluding hydrogens is 454 g/mol. The highest BCUT2D eigenvalue weighted by atomic mass is 35.5. The Morgan fingerprint density at radius 1 is 1.10 bits per heavy atom. The molecule has 9 heteroatoms. The normalized spacial score (nSPS) is 13.4. The van der Waals surface area contributed by atoms with E-state index in [0.29, 0.717) is 17.0 Å². The Labute approximate surface area is 188 Å². The van der Waals surface area contributed by atoms with Crippen LogP contribution in [-0.2, 0) is 20.7 Å². The lowest BCUT2D eigenvalue weighted by Crippen LogP contribution is -2.34. The van der Waals surface area contributed by atoms with E-state index in [1.807, 2.05) is 0 Å². The maximum Gasteiger partial charge on any atom is 0.392 e. The molecule has 0 aliphatic rings. The summed E-state index contributed by atoms with van der Waals surface area (Å²) >= 11 is 12.1. The highest BCUT2D eigenvalue weighted by molar-refractivity contribution is 6.34. The molecule has 1 N–H and O–H groups in total. The summed E-state index contributed by atoms with van der Waals surface area (Å²) in [5.74, 6) is -4.70. The number of aryl methyl sites for hydroxylation is 1. The van der Waals surface area contributed by atoms with Crippen molar-refractivity contribution < 1.29 is 27.5 Å². The number of esters is 1. The molecule has 0 fully saturated rings. The number of rotatable bonds is 7. The molecule has 0 spiro atoms. The zero-order valence-electron chi connectivity index (χ0n) is 17.1. The van der Waals surface area contributed by atoms with Crippen molar-refractivity contribution in [3.8, 4) is 0 Å². The molecule has 31 heavy (non-hydrogen) atoms. The molecule has 2 aromatic carbocycles. The van der Waals surface area contributed by atoms with Crippen LogP contribution in [0.1, 0.15) is 36.0 Å². The molecular formula is C22H22Cl2F3NO3. The first-order valence-electron chi connectivity index (χ1n) is 9.43. The predicted octanol–water partition coefficient (Wildman–Crippen LogP) is 6.33. The van der Waals surface area contributed by atoms with E-state index in [4.69, 9.17) is 23.2 Å². The standard InChI is InChI=1S/C22H22Cl2F3NO3/c1-12-14(7-11-18(29)31-3)6-10-17(24)20(12)28-21(30)19(13(2)22(25,26)27)15-4-8-16(23)9-5-15/h4-6,8-10,13,19H,7,11H2,1-3H3,(H,28,30)/t13-,19+/m1/s1. The van der Waals surface area contributed by atoms with Crippen LogP contribution in [0.25, 0.3) is 0 Å². The van der Waals surface area contributed by atoms with E-state index in [1.165, 1.54) is 37.4 Å². The van der Waals surface area contributed by atoms with Gasteiger partial charge >= 0.3 is 12.1 Å². The molecule has 0 aromatic heterocycles. The lowest BCUT2D eigenvalue weighted by Gasteiger charge is -2.26. The number of nitrogens with one attached hydrogen (secondary N) is 1. The van der Waals surface area contributed by atoms with Gasteiger partial charge in [-0.3, -0.25) is 9.59 Å². The largest absolute Gasteiger partial charge is 0.469 e. The molecule has 0 aliphatic carbocycles. The molecule has 0 saturated heterocycles. The third kappa shape index (κ3) is 6.37. The van der Waals surface area contributed by atoms with Gasteiger partial charge in [0, 0.05) is 11.4 Å². The van der Waals surface area contributed by atoms with Crippen LogP contribution in [0.4, 0.5) is 18.9 Å². The zero-order valence-corrected chi connectivity index (χ0v) is 18.7. The second-order valence-corrected chi connectivity index (χ2v) is 7.98. The quantitative estimate of drug-likeness (QED) is 0.476. The fourth-order valence-electron chi connectivity index (χ4n) is 3.21. The van der Waals surface area contributed by atoms with E-state index in [-0.39, 0.29) is 22.7 Å². The summed E-state index contributed by atoms with van der Waals surface area (Å²) in [6, 6.07) is 8.90. The van der Waals surface area contributed by atoms with Crippen LogP contribution in [0, 0.1) is 12.8 Å². The molecule has 0 bridgehead atoms. The average molecular weight is 476 g/mol. The molecule has 1 amide bonds. The summed E-state index contributed by atoms with van der Waals surface area (Å²) in [6.45, 7) is 2.64. The Kier molecular flexibility index (Phi) is 8.37. The maximum atomic E-state index is 13.5.